The van der Waals surface area contributed by atoms with Crippen LogP contribution in [0.15, 0.2) is 12.4 Å². The molecule has 6 nitrogen and oxygen atoms in total. The average Bonchev–Trinajstić information content (AvgIpc) is 3.04. The Bertz CT molecular complexity index is 575. The largest absolute Gasteiger partial charge is 0.481 e. The fourth-order valence-corrected chi connectivity index (χ4v) is 3.85. The van der Waals surface area contributed by atoms with Crippen molar-refractivity contribution in [1.82, 2.24) is 9.97 Å². The summed E-state index contributed by atoms with van der Waals surface area (Å²) in [6.07, 6.45) is 6.81. The quantitative estimate of drug-likeness (QED) is 0.878. The highest BCUT2D eigenvalue weighted by atomic mass is 16.4. The lowest BCUT2D eigenvalue weighted by atomic mass is 9.81. The van der Waals surface area contributed by atoms with E-state index < -0.39 is 11.4 Å². The standard InChI is InChI=1S/C15H20N4O2/c20-14(21)15-5-1-2-10(15)7-19(8-15)13-6-12(16-9-17-13)18-11-3-4-11/h6,9-11H,1-5,7-8H2,(H,20,21)(H,16,17,18)/t10-,15+/m0/s1. The highest BCUT2D eigenvalue weighted by Gasteiger charge is 2.55. The molecule has 0 aromatic carbocycles. The van der Waals surface area contributed by atoms with E-state index in [-0.39, 0.29) is 5.92 Å². The van der Waals surface area contributed by atoms with Crippen LogP contribution in [0.25, 0.3) is 0 Å². The van der Waals surface area contributed by atoms with Gasteiger partial charge in [0, 0.05) is 25.2 Å². The number of nitrogens with one attached hydrogen (secondary N) is 1. The van der Waals surface area contributed by atoms with Gasteiger partial charge in [-0.05, 0) is 31.6 Å². The molecule has 0 bridgehead atoms. The number of hydrogen-bond donors (Lipinski definition) is 2. The van der Waals surface area contributed by atoms with E-state index in [2.05, 4.69) is 20.2 Å². The van der Waals surface area contributed by atoms with Crippen molar-refractivity contribution < 1.29 is 9.90 Å². The zero-order chi connectivity index (χ0) is 14.4. The number of anilines is 2. The number of nitrogens with zero attached hydrogens (tertiary/aromatic N) is 3. The monoisotopic (exact) mass is 288 g/mol. The van der Waals surface area contributed by atoms with Crippen molar-refractivity contribution in [2.75, 3.05) is 23.3 Å². The molecule has 0 amide bonds. The second kappa shape index (κ2) is 4.58. The Labute approximate surface area is 123 Å². The summed E-state index contributed by atoms with van der Waals surface area (Å²) >= 11 is 0. The summed E-state index contributed by atoms with van der Waals surface area (Å²) in [6.45, 7) is 1.37. The molecule has 1 aromatic heterocycles. The number of carboxylic acid groups (broad SMARTS) is 1. The summed E-state index contributed by atoms with van der Waals surface area (Å²) in [6, 6.07) is 2.51. The van der Waals surface area contributed by atoms with Gasteiger partial charge in [-0.25, -0.2) is 9.97 Å². The summed E-state index contributed by atoms with van der Waals surface area (Å²) in [5.74, 6) is 1.31. The first-order valence-electron chi connectivity index (χ1n) is 7.74. The van der Waals surface area contributed by atoms with Crippen molar-refractivity contribution >= 4 is 17.6 Å². The Morgan fingerprint density at radius 2 is 2.24 bits per heavy atom. The molecule has 2 aliphatic carbocycles. The van der Waals surface area contributed by atoms with Gasteiger partial charge in [0.15, 0.2) is 0 Å². The normalized spacial score (nSPS) is 31.2. The molecule has 2 saturated carbocycles. The number of aromatic nitrogens is 2. The topological polar surface area (TPSA) is 78.4 Å². The Morgan fingerprint density at radius 3 is 2.95 bits per heavy atom. The number of rotatable bonds is 4. The lowest BCUT2D eigenvalue weighted by Crippen LogP contribution is -2.35. The minimum atomic E-state index is -0.641. The van der Waals surface area contributed by atoms with Crippen LogP contribution in [0.3, 0.4) is 0 Å². The van der Waals surface area contributed by atoms with E-state index in [4.69, 9.17) is 0 Å². The first-order chi connectivity index (χ1) is 10.2. The molecule has 2 atom stereocenters. The summed E-state index contributed by atoms with van der Waals surface area (Å²) in [4.78, 5) is 22.5. The third-order valence-electron chi connectivity index (χ3n) is 5.20. The van der Waals surface area contributed by atoms with Crippen molar-refractivity contribution in [1.29, 1.82) is 0 Å². The van der Waals surface area contributed by atoms with E-state index >= 15 is 0 Å². The van der Waals surface area contributed by atoms with Crippen LogP contribution in [-0.2, 0) is 4.79 Å². The van der Waals surface area contributed by atoms with E-state index in [1.807, 2.05) is 6.07 Å². The SMILES string of the molecule is O=C(O)[C@@]12CCC[C@H]1CN(c1cc(NC3CC3)ncn1)C2. The zero-order valence-electron chi connectivity index (χ0n) is 12.0. The summed E-state index contributed by atoms with van der Waals surface area (Å²) in [5, 5.41) is 13.0. The van der Waals surface area contributed by atoms with Crippen LogP contribution >= 0.6 is 0 Å². The number of fused-ring (bicyclic) bond motifs is 1. The Balaban J connectivity index is 1.56. The van der Waals surface area contributed by atoms with Gasteiger partial charge in [0.1, 0.15) is 18.0 Å². The maximum Gasteiger partial charge on any atom is 0.311 e. The Morgan fingerprint density at radius 1 is 1.38 bits per heavy atom. The third kappa shape index (κ3) is 2.13. The molecule has 6 heteroatoms. The van der Waals surface area contributed by atoms with E-state index in [1.54, 1.807) is 6.33 Å². The van der Waals surface area contributed by atoms with E-state index in [0.29, 0.717) is 12.6 Å². The Hall–Kier alpha value is -1.85. The van der Waals surface area contributed by atoms with Crippen LogP contribution in [0.5, 0.6) is 0 Å². The minimum Gasteiger partial charge on any atom is -0.481 e. The van der Waals surface area contributed by atoms with Crippen molar-refractivity contribution in [3.63, 3.8) is 0 Å². The number of carboxylic acids is 1. The molecular weight excluding hydrogens is 268 g/mol. The molecule has 2 heterocycles. The number of aliphatic carboxylic acids is 1. The Kier molecular flexibility index (Phi) is 2.80. The second-order valence-corrected chi connectivity index (χ2v) is 6.61. The van der Waals surface area contributed by atoms with Gasteiger partial charge in [0.2, 0.25) is 0 Å². The average molecular weight is 288 g/mol. The molecule has 112 valence electrons. The highest BCUT2D eigenvalue weighted by molar-refractivity contribution is 5.78. The second-order valence-electron chi connectivity index (χ2n) is 6.61. The van der Waals surface area contributed by atoms with E-state index in [0.717, 1.165) is 37.4 Å². The lowest BCUT2D eigenvalue weighted by molar-refractivity contribution is -0.149. The maximum absolute atomic E-state index is 11.7. The highest BCUT2D eigenvalue weighted by Crippen LogP contribution is 2.49. The molecule has 4 rings (SSSR count). The fourth-order valence-electron chi connectivity index (χ4n) is 3.85. The zero-order valence-corrected chi connectivity index (χ0v) is 12.0. The van der Waals surface area contributed by atoms with Gasteiger partial charge in [-0.2, -0.15) is 0 Å². The van der Waals surface area contributed by atoms with Crippen LogP contribution in [-0.4, -0.2) is 40.2 Å². The van der Waals surface area contributed by atoms with Gasteiger partial charge in [-0.15, -0.1) is 0 Å². The smallest absolute Gasteiger partial charge is 0.311 e. The van der Waals surface area contributed by atoms with Gasteiger partial charge in [-0.3, -0.25) is 4.79 Å². The number of hydrogen-bond acceptors (Lipinski definition) is 5. The molecule has 0 unspecified atom stereocenters. The van der Waals surface area contributed by atoms with E-state index in [9.17, 15) is 9.90 Å². The van der Waals surface area contributed by atoms with Gasteiger partial charge >= 0.3 is 5.97 Å². The molecule has 0 spiro atoms. The summed E-state index contributed by atoms with van der Waals surface area (Å²) < 4.78 is 0. The molecule has 3 aliphatic rings. The predicted molar refractivity (Wildman–Crippen MR) is 78.3 cm³/mol. The lowest BCUT2D eigenvalue weighted by Gasteiger charge is -2.23. The summed E-state index contributed by atoms with van der Waals surface area (Å²) in [5.41, 5.74) is -0.560. The maximum atomic E-state index is 11.7. The first-order valence-corrected chi connectivity index (χ1v) is 7.74. The van der Waals surface area contributed by atoms with E-state index in [1.165, 1.54) is 12.8 Å². The van der Waals surface area contributed by atoms with Gasteiger partial charge < -0.3 is 15.3 Å². The van der Waals surface area contributed by atoms with Gasteiger partial charge in [0.05, 0.1) is 5.41 Å². The van der Waals surface area contributed by atoms with Crippen LogP contribution in [0.4, 0.5) is 11.6 Å². The first kappa shape index (κ1) is 12.9. The van der Waals surface area contributed by atoms with Gasteiger partial charge in [-0.1, -0.05) is 6.42 Å². The molecule has 3 fully saturated rings. The van der Waals surface area contributed by atoms with Crippen molar-refractivity contribution in [2.24, 2.45) is 11.3 Å². The van der Waals surface area contributed by atoms with Crippen LogP contribution in [0.2, 0.25) is 0 Å². The van der Waals surface area contributed by atoms with Crippen molar-refractivity contribution in [3.8, 4) is 0 Å². The molecule has 1 aliphatic heterocycles. The summed E-state index contributed by atoms with van der Waals surface area (Å²) in [7, 11) is 0. The van der Waals surface area contributed by atoms with Crippen molar-refractivity contribution in [2.45, 2.75) is 38.1 Å². The molecule has 1 saturated heterocycles. The van der Waals surface area contributed by atoms with Gasteiger partial charge in [0.25, 0.3) is 0 Å². The molecule has 2 N–H and O–H groups in total. The molecule has 1 aromatic rings. The number of carbonyl (C=O) groups is 1. The molecule has 21 heavy (non-hydrogen) atoms. The third-order valence-corrected chi connectivity index (χ3v) is 5.20. The van der Waals surface area contributed by atoms with Crippen LogP contribution in [0.1, 0.15) is 32.1 Å². The van der Waals surface area contributed by atoms with Crippen LogP contribution in [0, 0.1) is 11.3 Å². The van der Waals surface area contributed by atoms with Crippen LogP contribution < -0.4 is 10.2 Å². The predicted octanol–water partition coefficient (Wildman–Crippen LogP) is 1.74. The fraction of sp³-hybridized carbons (Fsp3) is 0.667. The molecule has 0 radical (unpaired) electrons. The van der Waals surface area contributed by atoms with Crippen molar-refractivity contribution in [3.05, 3.63) is 12.4 Å². The minimum absolute atomic E-state index is 0.254. The molecular formula is C15H20N4O2.